The smallest absolute Gasteiger partial charge is 0.254 e. The zero-order valence-electron chi connectivity index (χ0n) is 19.4. The van der Waals surface area contributed by atoms with Gasteiger partial charge in [-0.1, -0.05) is 36.4 Å². The topological polar surface area (TPSA) is 54.8 Å². The van der Waals surface area contributed by atoms with Gasteiger partial charge in [0.15, 0.2) is 0 Å². The Bertz CT molecular complexity index is 1080. The number of rotatable bonds is 12. The summed E-state index contributed by atoms with van der Waals surface area (Å²) < 4.78 is 20.6. The van der Waals surface area contributed by atoms with E-state index in [-0.39, 0.29) is 24.9 Å². The van der Waals surface area contributed by atoms with E-state index in [1.807, 2.05) is 36.5 Å². The summed E-state index contributed by atoms with van der Waals surface area (Å²) in [5.74, 6) is -0.985. The molecule has 3 aromatic rings. The van der Waals surface area contributed by atoms with Crippen molar-refractivity contribution in [2.45, 2.75) is 13.1 Å². The molecule has 0 fully saturated rings. The summed E-state index contributed by atoms with van der Waals surface area (Å²) in [7, 11) is 1.59. The number of methoxy groups -OCH3 is 1. The standard InChI is InChI=1S/C27H30FN3O3/c1-3-15-31(27(33)23-11-13-24(28)14-12-23)21-26(32)30(17-18-34-2)20-25-10-7-16-29(25)19-22-8-5-4-6-9-22/h3-14,16H,1,15,17-21H2,2H3. The number of carbonyl (C=O) groups excluding carboxylic acids is 2. The molecule has 3 rings (SSSR count). The zero-order valence-corrected chi connectivity index (χ0v) is 19.4. The maximum Gasteiger partial charge on any atom is 0.254 e. The van der Waals surface area contributed by atoms with Crippen LogP contribution in [0.3, 0.4) is 0 Å². The van der Waals surface area contributed by atoms with Gasteiger partial charge in [-0.25, -0.2) is 4.39 Å². The zero-order chi connectivity index (χ0) is 24.3. The minimum Gasteiger partial charge on any atom is -0.383 e. The molecule has 6 nitrogen and oxygen atoms in total. The summed E-state index contributed by atoms with van der Waals surface area (Å²) in [6.45, 7) is 5.62. The van der Waals surface area contributed by atoms with E-state index in [4.69, 9.17) is 4.74 Å². The molecule has 1 heterocycles. The second-order valence-electron chi connectivity index (χ2n) is 7.90. The van der Waals surface area contributed by atoms with Crippen molar-refractivity contribution in [2.24, 2.45) is 0 Å². The Labute approximate surface area is 199 Å². The maximum absolute atomic E-state index is 13.3. The number of aromatic nitrogens is 1. The van der Waals surface area contributed by atoms with Crippen LogP contribution < -0.4 is 0 Å². The molecule has 0 unspecified atom stereocenters. The molecule has 0 atom stereocenters. The monoisotopic (exact) mass is 463 g/mol. The molecule has 34 heavy (non-hydrogen) atoms. The molecule has 0 saturated carbocycles. The highest BCUT2D eigenvalue weighted by atomic mass is 19.1. The predicted octanol–water partition coefficient (Wildman–Crippen LogP) is 3.98. The molecule has 0 aliphatic heterocycles. The van der Waals surface area contributed by atoms with Gasteiger partial charge in [-0.05, 0) is 42.0 Å². The highest BCUT2D eigenvalue weighted by molar-refractivity contribution is 5.96. The summed E-state index contributed by atoms with van der Waals surface area (Å²) in [4.78, 5) is 29.3. The first kappa shape index (κ1) is 24.9. The molecule has 1 aromatic heterocycles. The fourth-order valence-corrected chi connectivity index (χ4v) is 3.63. The summed E-state index contributed by atoms with van der Waals surface area (Å²) in [6, 6.07) is 19.3. The lowest BCUT2D eigenvalue weighted by atomic mass is 10.2. The summed E-state index contributed by atoms with van der Waals surface area (Å²) >= 11 is 0. The van der Waals surface area contributed by atoms with Gasteiger partial charge in [-0.3, -0.25) is 9.59 Å². The first-order valence-corrected chi connectivity index (χ1v) is 11.1. The van der Waals surface area contributed by atoms with E-state index in [1.165, 1.54) is 29.2 Å². The van der Waals surface area contributed by atoms with Gasteiger partial charge in [-0.2, -0.15) is 0 Å². The largest absolute Gasteiger partial charge is 0.383 e. The van der Waals surface area contributed by atoms with Gasteiger partial charge in [0, 0.05) is 44.2 Å². The highest BCUT2D eigenvalue weighted by Crippen LogP contribution is 2.13. The lowest BCUT2D eigenvalue weighted by molar-refractivity contribution is -0.133. The third-order valence-electron chi connectivity index (χ3n) is 5.44. The molecule has 0 aliphatic carbocycles. The third-order valence-corrected chi connectivity index (χ3v) is 5.44. The summed E-state index contributed by atoms with van der Waals surface area (Å²) in [5, 5.41) is 0. The van der Waals surface area contributed by atoms with E-state index in [9.17, 15) is 14.0 Å². The molecule has 0 saturated heterocycles. The minimum absolute atomic E-state index is 0.120. The van der Waals surface area contributed by atoms with E-state index in [2.05, 4.69) is 23.3 Å². The molecule has 0 aliphatic rings. The van der Waals surface area contributed by atoms with Gasteiger partial charge in [0.05, 0.1) is 13.2 Å². The van der Waals surface area contributed by atoms with Gasteiger partial charge in [0.1, 0.15) is 12.4 Å². The van der Waals surface area contributed by atoms with Crippen LogP contribution in [0.2, 0.25) is 0 Å². The lowest BCUT2D eigenvalue weighted by Crippen LogP contribution is -2.44. The first-order chi connectivity index (χ1) is 16.5. The Balaban J connectivity index is 1.74. The van der Waals surface area contributed by atoms with Crippen molar-refractivity contribution in [3.8, 4) is 0 Å². The van der Waals surface area contributed by atoms with Crippen LogP contribution in [0.15, 0.2) is 85.6 Å². The van der Waals surface area contributed by atoms with Crippen molar-refractivity contribution < 1.29 is 18.7 Å². The average molecular weight is 464 g/mol. The second-order valence-corrected chi connectivity index (χ2v) is 7.90. The number of ether oxygens (including phenoxy) is 1. The Morgan fingerprint density at radius 1 is 1.03 bits per heavy atom. The number of benzene rings is 2. The summed E-state index contributed by atoms with van der Waals surface area (Å²) in [5.41, 5.74) is 2.46. The van der Waals surface area contributed by atoms with E-state index < -0.39 is 5.82 Å². The quantitative estimate of drug-likeness (QED) is 0.382. The van der Waals surface area contributed by atoms with Crippen molar-refractivity contribution in [1.82, 2.24) is 14.4 Å². The Morgan fingerprint density at radius 2 is 1.76 bits per heavy atom. The van der Waals surface area contributed by atoms with Crippen LogP contribution in [0, 0.1) is 5.82 Å². The molecule has 0 bridgehead atoms. The van der Waals surface area contributed by atoms with Gasteiger partial charge in [-0.15, -0.1) is 6.58 Å². The van der Waals surface area contributed by atoms with Gasteiger partial charge < -0.3 is 19.1 Å². The first-order valence-electron chi connectivity index (χ1n) is 11.1. The number of carbonyl (C=O) groups is 2. The van der Waals surface area contributed by atoms with Crippen LogP contribution in [0.5, 0.6) is 0 Å². The van der Waals surface area contributed by atoms with Crippen LogP contribution >= 0.6 is 0 Å². The lowest BCUT2D eigenvalue weighted by Gasteiger charge is -2.27. The molecular weight excluding hydrogens is 433 g/mol. The van der Waals surface area contributed by atoms with Gasteiger partial charge >= 0.3 is 0 Å². The molecule has 7 heteroatoms. The number of nitrogens with zero attached hydrogens (tertiary/aromatic N) is 3. The molecule has 2 aromatic carbocycles. The van der Waals surface area contributed by atoms with Gasteiger partial charge in [0.2, 0.25) is 5.91 Å². The van der Waals surface area contributed by atoms with Crippen LogP contribution in [-0.4, -0.2) is 59.5 Å². The van der Waals surface area contributed by atoms with Crippen molar-refractivity contribution in [1.29, 1.82) is 0 Å². The van der Waals surface area contributed by atoms with Crippen LogP contribution in [0.25, 0.3) is 0 Å². The molecule has 2 amide bonds. The van der Waals surface area contributed by atoms with E-state index >= 15 is 0 Å². The number of amides is 2. The third kappa shape index (κ3) is 6.89. The van der Waals surface area contributed by atoms with Crippen molar-refractivity contribution in [3.63, 3.8) is 0 Å². The van der Waals surface area contributed by atoms with Crippen molar-refractivity contribution >= 4 is 11.8 Å². The van der Waals surface area contributed by atoms with Crippen LogP contribution in [0.1, 0.15) is 21.6 Å². The van der Waals surface area contributed by atoms with E-state index in [0.29, 0.717) is 31.8 Å². The number of hydrogen-bond donors (Lipinski definition) is 0. The molecule has 178 valence electrons. The molecule has 0 N–H and O–H groups in total. The van der Waals surface area contributed by atoms with Gasteiger partial charge in [0.25, 0.3) is 5.91 Å². The normalized spacial score (nSPS) is 10.6. The van der Waals surface area contributed by atoms with E-state index in [1.54, 1.807) is 18.1 Å². The number of hydrogen-bond acceptors (Lipinski definition) is 3. The molecule has 0 spiro atoms. The van der Waals surface area contributed by atoms with Crippen LogP contribution in [0.4, 0.5) is 4.39 Å². The Kier molecular flexibility index (Phi) is 9.17. The minimum atomic E-state index is -0.424. The van der Waals surface area contributed by atoms with E-state index in [0.717, 1.165) is 11.3 Å². The Morgan fingerprint density at radius 3 is 2.44 bits per heavy atom. The number of halogens is 1. The molecular formula is C27H30FN3O3. The Hall–Kier alpha value is -3.71. The van der Waals surface area contributed by atoms with Crippen molar-refractivity contribution in [3.05, 3.63) is 108 Å². The highest BCUT2D eigenvalue weighted by Gasteiger charge is 2.22. The SMILES string of the molecule is C=CCN(CC(=O)N(CCOC)Cc1cccn1Cc1ccccc1)C(=O)c1ccc(F)cc1. The summed E-state index contributed by atoms with van der Waals surface area (Å²) in [6.07, 6.45) is 3.56. The van der Waals surface area contributed by atoms with Crippen molar-refractivity contribution in [2.75, 3.05) is 33.4 Å². The second kappa shape index (κ2) is 12.5. The average Bonchev–Trinajstić information content (AvgIpc) is 3.28. The fraction of sp³-hybridized carbons (Fsp3) is 0.259. The maximum atomic E-state index is 13.3. The fourth-order valence-electron chi connectivity index (χ4n) is 3.63. The van der Waals surface area contributed by atoms with Crippen LogP contribution in [-0.2, 0) is 22.6 Å². The molecule has 0 radical (unpaired) electrons. The predicted molar refractivity (Wildman–Crippen MR) is 130 cm³/mol.